The van der Waals surface area contributed by atoms with Crippen LogP contribution in [0.2, 0.25) is 0 Å². The van der Waals surface area contributed by atoms with Crippen molar-refractivity contribution in [2.24, 2.45) is 11.8 Å². The van der Waals surface area contributed by atoms with E-state index in [4.69, 9.17) is 4.74 Å². The van der Waals surface area contributed by atoms with Crippen LogP contribution in [0.25, 0.3) is 0 Å². The van der Waals surface area contributed by atoms with Gasteiger partial charge >= 0.3 is 5.97 Å². The van der Waals surface area contributed by atoms with Crippen LogP contribution in [0.4, 0.5) is 0 Å². The van der Waals surface area contributed by atoms with E-state index in [1.807, 2.05) is 54.6 Å². The van der Waals surface area contributed by atoms with Gasteiger partial charge in [0, 0.05) is 11.8 Å². The van der Waals surface area contributed by atoms with E-state index in [0.29, 0.717) is 0 Å². The molecule has 3 heteroatoms. The fourth-order valence-electron chi connectivity index (χ4n) is 2.78. The number of Topliss-reactive ketones (excluding diaryl/α,β-unsaturated/α-hetero) is 1. The van der Waals surface area contributed by atoms with Gasteiger partial charge in [0.25, 0.3) is 0 Å². The first kappa shape index (κ1) is 15.2. The van der Waals surface area contributed by atoms with Gasteiger partial charge < -0.3 is 4.74 Å². The van der Waals surface area contributed by atoms with Gasteiger partial charge in [-0.05, 0) is 19.4 Å². The van der Waals surface area contributed by atoms with E-state index < -0.39 is 11.9 Å². The van der Waals surface area contributed by atoms with Crippen molar-refractivity contribution in [2.75, 3.05) is 6.61 Å². The van der Waals surface area contributed by atoms with Crippen LogP contribution in [0.3, 0.4) is 0 Å². The van der Waals surface area contributed by atoms with Gasteiger partial charge in [-0.15, -0.1) is 0 Å². The molecule has 0 radical (unpaired) electrons. The molecule has 21 heavy (non-hydrogen) atoms. The second kappa shape index (κ2) is 7.02. The first-order valence-electron chi connectivity index (χ1n) is 7.22. The standard InChI is InChI=1S/C18H20O3/c1-3-21-18(20)17(13(2)19)16-12-8-7-11-15(16)14-9-5-4-6-10-14/h4-12,15-17H,3H2,1-2H3/t15-,16-,17?/m0/s1. The number of carbonyl (C=O) groups is 2. The summed E-state index contributed by atoms with van der Waals surface area (Å²) in [6.07, 6.45) is 7.81. The summed E-state index contributed by atoms with van der Waals surface area (Å²) in [5.41, 5.74) is 1.10. The minimum absolute atomic E-state index is 0.00880. The molecule has 0 aromatic heterocycles. The maximum Gasteiger partial charge on any atom is 0.317 e. The van der Waals surface area contributed by atoms with E-state index in [1.54, 1.807) is 6.92 Å². The lowest BCUT2D eigenvalue weighted by atomic mass is 9.74. The Hall–Kier alpha value is -2.16. The molecular weight excluding hydrogens is 264 g/mol. The van der Waals surface area contributed by atoms with E-state index in [-0.39, 0.29) is 24.2 Å². The van der Waals surface area contributed by atoms with Gasteiger partial charge in [-0.3, -0.25) is 9.59 Å². The molecular formula is C18H20O3. The quantitative estimate of drug-likeness (QED) is 0.615. The fourth-order valence-corrected chi connectivity index (χ4v) is 2.78. The molecule has 3 atom stereocenters. The average Bonchev–Trinajstić information content (AvgIpc) is 2.49. The van der Waals surface area contributed by atoms with Crippen LogP contribution >= 0.6 is 0 Å². The lowest BCUT2D eigenvalue weighted by Gasteiger charge is -2.29. The Kier molecular flexibility index (Phi) is 5.09. The molecule has 3 nitrogen and oxygen atoms in total. The zero-order chi connectivity index (χ0) is 15.2. The molecule has 1 unspecified atom stereocenters. The lowest BCUT2D eigenvalue weighted by Crippen LogP contribution is -2.34. The summed E-state index contributed by atoms with van der Waals surface area (Å²) < 4.78 is 5.09. The molecule has 0 amide bonds. The summed E-state index contributed by atoms with van der Waals surface area (Å²) in [5.74, 6) is -1.53. The third kappa shape index (κ3) is 3.48. The second-order valence-electron chi connectivity index (χ2n) is 5.12. The number of rotatable bonds is 5. The highest BCUT2D eigenvalue weighted by Crippen LogP contribution is 2.36. The number of esters is 1. The zero-order valence-corrected chi connectivity index (χ0v) is 12.4. The van der Waals surface area contributed by atoms with Crippen LogP contribution < -0.4 is 0 Å². The van der Waals surface area contributed by atoms with Gasteiger partial charge in [-0.25, -0.2) is 0 Å². The minimum atomic E-state index is -0.753. The molecule has 0 heterocycles. The monoisotopic (exact) mass is 284 g/mol. The molecule has 1 aliphatic rings. The van der Waals surface area contributed by atoms with Crippen molar-refractivity contribution in [2.45, 2.75) is 19.8 Å². The molecule has 0 aliphatic heterocycles. The highest BCUT2D eigenvalue weighted by atomic mass is 16.5. The number of carbonyl (C=O) groups excluding carboxylic acids is 2. The Morgan fingerprint density at radius 2 is 1.81 bits per heavy atom. The minimum Gasteiger partial charge on any atom is -0.465 e. The summed E-state index contributed by atoms with van der Waals surface area (Å²) in [6.45, 7) is 3.49. The van der Waals surface area contributed by atoms with E-state index in [1.165, 1.54) is 6.92 Å². The third-order valence-electron chi connectivity index (χ3n) is 3.73. The first-order valence-corrected chi connectivity index (χ1v) is 7.22. The Morgan fingerprint density at radius 3 is 2.43 bits per heavy atom. The topological polar surface area (TPSA) is 43.4 Å². The first-order chi connectivity index (χ1) is 10.1. The smallest absolute Gasteiger partial charge is 0.317 e. The molecule has 1 aliphatic carbocycles. The second-order valence-corrected chi connectivity index (χ2v) is 5.12. The highest BCUT2D eigenvalue weighted by molar-refractivity contribution is 5.98. The van der Waals surface area contributed by atoms with Gasteiger partial charge in [-0.1, -0.05) is 54.6 Å². The predicted octanol–water partition coefficient (Wildman–Crippen LogP) is 3.28. The zero-order valence-electron chi connectivity index (χ0n) is 12.4. The summed E-state index contributed by atoms with van der Waals surface area (Å²) in [4.78, 5) is 24.1. The maximum atomic E-state index is 12.2. The number of ether oxygens (including phenoxy) is 1. The Bertz CT molecular complexity index is 557. The van der Waals surface area contributed by atoms with Crippen molar-refractivity contribution in [1.82, 2.24) is 0 Å². The number of hydrogen-bond acceptors (Lipinski definition) is 3. The van der Waals surface area contributed by atoms with E-state index in [2.05, 4.69) is 0 Å². The fraction of sp³-hybridized carbons (Fsp3) is 0.333. The number of hydrogen-bond donors (Lipinski definition) is 0. The van der Waals surface area contributed by atoms with Crippen LogP contribution in [0, 0.1) is 11.8 Å². The van der Waals surface area contributed by atoms with Crippen molar-refractivity contribution in [3.05, 3.63) is 60.2 Å². The van der Waals surface area contributed by atoms with Crippen molar-refractivity contribution in [3.8, 4) is 0 Å². The van der Waals surface area contributed by atoms with Crippen molar-refractivity contribution >= 4 is 11.8 Å². The largest absolute Gasteiger partial charge is 0.465 e. The van der Waals surface area contributed by atoms with Gasteiger partial charge in [0.05, 0.1) is 6.61 Å². The summed E-state index contributed by atoms with van der Waals surface area (Å²) >= 11 is 0. The normalized spacial score (nSPS) is 21.8. The molecule has 110 valence electrons. The van der Waals surface area contributed by atoms with Gasteiger partial charge in [0.1, 0.15) is 11.7 Å². The molecule has 0 bridgehead atoms. The summed E-state index contributed by atoms with van der Waals surface area (Å²) in [7, 11) is 0. The van der Waals surface area contributed by atoms with Crippen molar-refractivity contribution < 1.29 is 14.3 Å². The molecule has 0 fully saturated rings. The molecule has 1 aromatic carbocycles. The lowest BCUT2D eigenvalue weighted by molar-refractivity contribution is -0.152. The third-order valence-corrected chi connectivity index (χ3v) is 3.73. The molecule has 0 N–H and O–H groups in total. The van der Waals surface area contributed by atoms with Crippen LogP contribution in [-0.2, 0) is 14.3 Å². The molecule has 0 saturated carbocycles. The van der Waals surface area contributed by atoms with Crippen LogP contribution in [0.1, 0.15) is 25.3 Å². The van der Waals surface area contributed by atoms with Gasteiger partial charge in [-0.2, -0.15) is 0 Å². The Balaban J connectivity index is 2.33. The van der Waals surface area contributed by atoms with E-state index in [0.717, 1.165) is 5.56 Å². The number of ketones is 1. The highest BCUT2D eigenvalue weighted by Gasteiger charge is 2.37. The summed E-state index contributed by atoms with van der Waals surface area (Å²) in [6, 6.07) is 9.92. The Morgan fingerprint density at radius 1 is 1.14 bits per heavy atom. The molecule has 0 saturated heterocycles. The van der Waals surface area contributed by atoms with E-state index in [9.17, 15) is 9.59 Å². The average molecular weight is 284 g/mol. The van der Waals surface area contributed by atoms with Crippen LogP contribution in [0.15, 0.2) is 54.6 Å². The van der Waals surface area contributed by atoms with Crippen molar-refractivity contribution in [1.29, 1.82) is 0 Å². The van der Waals surface area contributed by atoms with Crippen LogP contribution in [-0.4, -0.2) is 18.4 Å². The maximum absolute atomic E-state index is 12.2. The number of benzene rings is 1. The van der Waals surface area contributed by atoms with Crippen molar-refractivity contribution in [3.63, 3.8) is 0 Å². The van der Waals surface area contributed by atoms with E-state index >= 15 is 0 Å². The Labute approximate surface area is 125 Å². The van der Waals surface area contributed by atoms with Gasteiger partial charge in [0.15, 0.2) is 0 Å². The SMILES string of the molecule is CCOC(=O)C(C(C)=O)[C@H]1C=CC=C[C@H]1c1ccccc1. The van der Waals surface area contributed by atoms with Gasteiger partial charge in [0.2, 0.25) is 0 Å². The van der Waals surface area contributed by atoms with Crippen LogP contribution in [0.5, 0.6) is 0 Å². The predicted molar refractivity (Wildman–Crippen MR) is 81.8 cm³/mol. The molecule has 0 spiro atoms. The molecule has 1 aromatic rings. The number of allylic oxidation sites excluding steroid dienone is 4. The summed E-state index contributed by atoms with van der Waals surface area (Å²) in [5, 5.41) is 0. The molecule has 2 rings (SSSR count).